The van der Waals surface area contributed by atoms with Gasteiger partial charge in [0.2, 0.25) is 0 Å². The van der Waals surface area contributed by atoms with Crippen molar-refractivity contribution in [2.75, 3.05) is 0 Å². The van der Waals surface area contributed by atoms with Crippen LogP contribution in [0.2, 0.25) is 0 Å². The van der Waals surface area contributed by atoms with E-state index in [1.165, 1.54) is 0 Å². The number of rotatable bonds is 0. The zero-order chi connectivity index (χ0) is 0. The van der Waals surface area contributed by atoms with E-state index in [-0.39, 0.29) is 80.8 Å². The molecule has 0 aliphatic rings. The Bertz CT molecular complexity index is 11.6. The fraction of sp³-hybridized carbons (Fsp3) is 0. The fourth-order valence-corrected chi connectivity index (χ4v) is 0. The van der Waals surface area contributed by atoms with Crippen molar-refractivity contribution in [3.8, 4) is 0 Å². The molecule has 0 aliphatic carbocycles. The zero-order valence-corrected chi connectivity index (χ0v) is 9.20. The molecule has 0 amide bonds. The van der Waals surface area contributed by atoms with Crippen molar-refractivity contribution in [1.29, 1.82) is 0 Å². The van der Waals surface area contributed by atoms with E-state index in [9.17, 15) is 0 Å². The quantitative estimate of drug-likeness (QED) is 0.528. The Morgan fingerprint density at radius 1 is 1.00 bits per heavy atom. The summed E-state index contributed by atoms with van der Waals surface area (Å²) in [6, 6.07) is 0. The monoisotopic (exact) mass is 239 g/mol. The number of hydrogen-bond donors (Lipinski definition) is 0. The Balaban J connectivity index is 0. The minimum atomic E-state index is 0. The van der Waals surface area contributed by atoms with E-state index in [2.05, 4.69) is 0 Å². The van der Waals surface area contributed by atoms with E-state index in [1.807, 2.05) is 0 Å². The van der Waals surface area contributed by atoms with Crippen molar-refractivity contribution in [3.63, 3.8) is 0 Å². The summed E-state index contributed by atoms with van der Waals surface area (Å²) in [5, 5.41) is 0. The summed E-state index contributed by atoms with van der Waals surface area (Å²) in [5.74, 6) is 0. The average molecular weight is 240 g/mol. The largest absolute Gasteiger partial charge is 4.00 e. The Labute approximate surface area is 79.9 Å². The van der Waals surface area contributed by atoms with Crippen molar-refractivity contribution in [2.24, 2.45) is 0 Å². The van der Waals surface area contributed by atoms with Crippen LogP contribution in [-0.2, 0) is 80.8 Å². The molecular formula is CoCrOTiZn+9. The van der Waals surface area contributed by atoms with Gasteiger partial charge in [0.1, 0.15) is 0 Å². The van der Waals surface area contributed by atoms with Crippen LogP contribution in [0.3, 0.4) is 0 Å². The summed E-state index contributed by atoms with van der Waals surface area (Å²) in [6.45, 7) is 0. The fourth-order valence-electron chi connectivity index (χ4n) is 0. The molecule has 0 aromatic carbocycles. The summed E-state index contributed by atoms with van der Waals surface area (Å²) in [5.41, 5.74) is 0. The predicted molar refractivity (Wildman–Crippen MR) is 0.686 cm³/mol. The van der Waals surface area contributed by atoms with E-state index in [1.54, 1.807) is 0 Å². The second-order valence-electron chi connectivity index (χ2n) is 0. The van der Waals surface area contributed by atoms with Gasteiger partial charge in [-0.05, 0) is 0 Å². The van der Waals surface area contributed by atoms with Gasteiger partial charge >= 0.3 is 75.3 Å². The van der Waals surface area contributed by atoms with Crippen molar-refractivity contribution < 1.29 is 80.8 Å². The molecule has 0 aromatic heterocycles. The van der Waals surface area contributed by atoms with Gasteiger partial charge < -0.3 is 5.48 Å². The van der Waals surface area contributed by atoms with E-state index in [0.717, 1.165) is 0 Å². The van der Waals surface area contributed by atoms with Gasteiger partial charge in [0.05, 0.1) is 0 Å². The summed E-state index contributed by atoms with van der Waals surface area (Å²) in [4.78, 5) is 0. The molecule has 0 heterocycles. The standard InChI is InChI=1S/Co.Cr.O.Ti.Zn/q+2;+3;-2;+4;+2. The van der Waals surface area contributed by atoms with Crippen molar-refractivity contribution in [1.82, 2.24) is 0 Å². The van der Waals surface area contributed by atoms with Crippen LogP contribution >= 0.6 is 0 Å². The van der Waals surface area contributed by atoms with Crippen LogP contribution in [0.5, 0.6) is 0 Å². The van der Waals surface area contributed by atoms with Crippen LogP contribution in [0, 0.1) is 0 Å². The summed E-state index contributed by atoms with van der Waals surface area (Å²) < 4.78 is 0. The molecule has 0 bridgehead atoms. The first-order chi connectivity index (χ1) is 0. The van der Waals surface area contributed by atoms with E-state index < -0.39 is 0 Å². The van der Waals surface area contributed by atoms with Gasteiger partial charge in [0.15, 0.2) is 0 Å². The van der Waals surface area contributed by atoms with Crippen LogP contribution in [0.15, 0.2) is 0 Å². The SMILES string of the molecule is [Co+2].[Cr+3].[O-2].[Ti+4].[Zn+2]. The molecule has 5 heavy (non-hydrogen) atoms. The molecule has 18 valence electrons. The molecule has 0 fully saturated rings. The molecule has 1 nitrogen and oxygen atoms in total. The third kappa shape index (κ3) is 21.8. The van der Waals surface area contributed by atoms with E-state index in [0.29, 0.717) is 0 Å². The molecule has 0 spiro atoms. The molecule has 0 unspecified atom stereocenters. The van der Waals surface area contributed by atoms with Crippen LogP contribution in [0.4, 0.5) is 0 Å². The summed E-state index contributed by atoms with van der Waals surface area (Å²) in [7, 11) is 0. The third-order valence-corrected chi connectivity index (χ3v) is 0. The predicted octanol–water partition coefficient (Wildman–Crippen LogP) is -0.129. The molecule has 0 saturated carbocycles. The van der Waals surface area contributed by atoms with Gasteiger partial charge in [-0.2, -0.15) is 0 Å². The second kappa shape index (κ2) is 33.1. The van der Waals surface area contributed by atoms with Crippen molar-refractivity contribution in [3.05, 3.63) is 0 Å². The van der Waals surface area contributed by atoms with Crippen molar-refractivity contribution >= 4 is 0 Å². The average Bonchev–Trinajstić information content (AvgIpc) is 0. The first kappa shape index (κ1) is 54.0. The molecule has 0 aromatic rings. The smallest absolute Gasteiger partial charge is 2.00 e. The van der Waals surface area contributed by atoms with Gasteiger partial charge in [-0.25, -0.2) is 0 Å². The molecule has 0 atom stereocenters. The second-order valence-corrected chi connectivity index (χ2v) is 0. The Hall–Kier alpha value is 2.34. The molecule has 0 saturated heterocycles. The summed E-state index contributed by atoms with van der Waals surface area (Å²) in [6.07, 6.45) is 0. The molecule has 0 rings (SSSR count). The first-order valence-electron chi connectivity index (χ1n) is 0. The van der Waals surface area contributed by atoms with Gasteiger partial charge in [0, 0.05) is 0 Å². The zero-order valence-electron chi connectivity index (χ0n) is 2.36. The topological polar surface area (TPSA) is 28.5 Å². The Morgan fingerprint density at radius 3 is 1.00 bits per heavy atom. The van der Waals surface area contributed by atoms with Crippen LogP contribution < -0.4 is 0 Å². The molecule has 5 heteroatoms. The molecular weight excluding hydrogens is 240 g/mol. The molecule has 0 N–H and O–H groups in total. The van der Waals surface area contributed by atoms with Crippen LogP contribution in [-0.4, -0.2) is 0 Å². The van der Waals surface area contributed by atoms with Gasteiger partial charge in [-0.15, -0.1) is 0 Å². The number of hydrogen-bond acceptors (Lipinski definition) is 0. The van der Waals surface area contributed by atoms with E-state index in [4.69, 9.17) is 0 Å². The van der Waals surface area contributed by atoms with Gasteiger partial charge in [-0.3, -0.25) is 0 Å². The van der Waals surface area contributed by atoms with Crippen LogP contribution in [0.1, 0.15) is 0 Å². The first-order valence-corrected chi connectivity index (χ1v) is 0. The Kier molecular flexibility index (Phi) is 357. The van der Waals surface area contributed by atoms with Gasteiger partial charge in [-0.1, -0.05) is 0 Å². The Morgan fingerprint density at radius 2 is 1.00 bits per heavy atom. The normalized spacial score (nSPS) is 0. The maximum absolute atomic E-state index is 0. The third-order valence-electron chi connectivity index (χ3n) is 0. The molecule has 0 aliphatic heterocycles. The van der Waals surface area contributed by atoms with Crippen molar-refractivity contribution in [2.45, 2.75) is 0 Å². The molecule has 2 radical (unpaired) electrons. The maximum Gasteiger partial charge on any atom is 4.00 e. The minimum Gasteiger partial charge on any atom is -2.00 e. The maximum atomic E-state index is 0. The summed E-state index contributed by atoms with van der Waals surface area (Å²) >= 11 is 0. The minimum absolute atomic E-state index is 0. The van der Waals surface area contributed by atoms with Gasteiger partial charge in [0.25, 0.3) is 0 Å². The van der Waals surface area contributed by atoms with E-state index >= 15 is 0 Å². The van der Waals surface area contributed by atoms with Crippen LogP contribution in [0.25, 0.3) is 0 Å².